The minimum Gasteiger partial charge on any atom is -0.406 e. The Balaban J connectivity index is 1.28. The standard InChI is InChI=1S/C32H32F3N3O3S2/c1-20(2)27-16-7-21(3)17-28(27)38-29(39)19-43-31(38)37-30(40)36-24-12-8-22(9-13-24)5-4-6-26(42)18-23-10-14-25(15-11-23)41-32(33,34)35/h7-17,20H,4-6,18-19H2,1-3H3,(H,36,40). The fraction of sp³-hybridized carbons (Fsp3) is 0.312. The number of benzene rings is 3. The topological polar surface area (TPSA) is 71.0 Å². The quantitative estimate of drug-likeness (QED) is 0.228. The van der Waals surface area contributed by atoms with Gasteiger partial charge in [-0.05, 0) is 89.6 Å². The number of aryl methyl sites for hydroxylation is 2. The van der Waals surface area contributed by atoms with E-state index in [1.807, 2.05) is 37.3 Å². The molecular formula is C32H32F3N3O3S2. The van der Waals surface area contributed by atoms with E-state index in [-0.39, 0.29) is 23.3 Å². The average Bonchev–Trinajstić information content (AvgIpc) is 3.29. The van der Waals surface area contributed by atoms with Crippen LogP contribution in [0.2, 0.25) is 0 Å². The molecule has 1 heterocycles. The van der Waals surface area contributed by atoms with Crippen molar-refractivity contribution in [3.05, 3.63) is 89.0 Å². The van der Waals surface area contributed by atoms with Gasteiger partial charge in [0.1, 0.15) is 5.75 Å². The van der Waals surface area contributed by atoms with Gasteiger partial charge in [-0.15, -0.1) is 13.2 Å². The summed E-state index contributed by atoms with van der Waals surface area (Å²) in [7, 11) is 0. The van der Waals surface area contributed by atoms with Crippen LogP contribution in [0.5, 0.6) is 5.75 Å². The van der Waals surface area contributed by atoms with Gasteiger partial charge in [-0.1, -0.05) is 74.2 Å². The third-order valence-corrected chi connectivity index (χ3v) is 7.97. The maximum Gasteiger partial charge on any atom is 0.573 e. The maximum atomic E-state index is 12.8. The number of hydrogen-bond acceptors (Lipinski definition) is 5. The Hall–Kier alpha value is -3.70. The van der Waals surface area contributed by atoms with Gasteiger partial charge in [-0.3, -0.25) is 9.69 Å². The minimum absolute atomic E-state index is 0.110. The largest absolute Gasteiger partial charge is 0.573 e. The molecule has 43 heavy (non-hydrogen) atoms. The van der Waals surface area contributed by atoms with E-state index in [2.05, 4.69) is 28.9 Å². The summed E-state index contributed by atoms with van der Waals surface area (Å²) in [6, 6.07) is 18.6. The molecule has 6 nitrogen and oxygen atoms in total. The molecule has 1 N–H and O–H groups in total. The van der Waals surface area contributed by atoms with Crippen molar-refractivity contribution in [2.75, 3.05) is 16.0 Å². The van der Waals surface area contributed by atoms with Crippen LogP contribution in [0, 0.1) is 6.92 Å². The number of anilines is 2. The molecule has 0 unspecified atom stereocenters. The van der Waals surface area contributed by atoms with Crippen LogP contribution in [0.3, 0.4) is 0 Å². The first-order valence-electron chi connectivity index (χ1n) is 13.8. The highest BCUT2D eigenvalue weighted by Gasteiger charge is 2.33. The lowest BCUT2D eigenvalue weighted by molar-refractivity contribution is -0.274. The summed E-state index contributed by atoms with van der Waals surface area (Å²) in [5, 5.41) is 3.13. The van der Waals surface area contributed by atoms with Gasteiger partial charge in [0.25, 0.3) is 0 Å². The van der Waals surface area contributed by atoms with Gasteiger partial charge in [-0.25, -0.2) is 4.79 Å². The van der Waals surface area contributed by atoms with Crippen LogP contribution in [0.1, 0.15) is 54.9 Å². The predicted molar refractivity (Wildman–Crippen MR) is 170 cm³/mol. The molecule has 3 amide bonds. The van der Waals surface area contributed by atoms with Crippen LogP contribution in [0.15, 0.2) is 71.7 Å². The first-order chi connectivity index (χ1) is 20.4. The number of thioether (sulfide) groups is 1. The van der Waals surface area contributed by atoms with Gasteiger partial charge < -0.3 is 10.1 Å². The minimum atomic E-state index is -4.72. The molecule has 0 aromatic heterocycles. The van der Waals surface area contributed by atoms with E-state index in [1.54, 1.807) is 24.3 Å². The van der Waals surface area contributed by atoms with Gasteiger partial charge in [0.15, 0.2) is 5.17 Å². The average molecular weight is 628 g/mol. The van der Waals surface area contributed by atoms with Crippen LogP contribution in [-0.2, 0) is 17.6 Å². The number of nitrogens with one attached hydrogen (secondary N) is 1. The summed E-state index contributed by atoms with van der Waals surface area (Å²) in [5.74, 6) is 0.0482. The number of halogens is 3. The molecule has 1 aliphatic heterocycles. The number of ether oxygens (including phenoxy) is 1. The van der Waals surface area contributed by atoms with E-state index in [0.29, 0.717) is 23.7 Å². The third-order valence-electron chi connectivity index (χ3n) is 6.70. The second-order valence-electron chi connectivity index (χ2n) is 10.5. The van der Waals surface area contributed by atoms with Crippen LogP contribution < -0.4 is 15.0 Å². The summed E-state index contributed by atoms with van der Waals surface area (Å²) in [5.41, 5.74) is 5.28. The molecule has 4 rings (SSSR count). The van der Waals surface area contributed by atoms with E-state index in [4.69, 9.17) is 12.2 Å². The van der Waals surface area contributed by atoms with Gasteiger partial charge in [-0.2, -0.15) is 4.99 Å². The zero-order valence-electron chi connectivity index (χ0n) is 24.0. The zero-order chi connectivity index (χ0) is 31.1. The van der Waals surface area contributed by atoms with E-state index >= 15 is 0 Å². The number of aliphatic imine (C=N–C) groups is 1. The van der Waals surface area contributed by atoms with Crippen LogP contribution in [-0.4, -0.2) is 34.1 Å². The number of carbonyl (C=O) groups excluding carboxylic acids is 2. The number of rotatable bonds is 10. The van der Waals surface area contributed by atoms with Crippen LogP contribution in [0.25, 0.3) is 0 Å². The number of carbonyl (C=O) groups is 2. The number of amides is 3. The molecule has 3 aromatic rings. The van der Waals surface area contributed by atoms with Gasteiger partial charge >= 0.3 is 12.4 Å². The second-order valence-corrected chi connectivity index (χ2v) is 12.0. The molecular weight excluding hydrogens is 595 g/mol. The predicted octanol–water partition coefficient (Wildman–Crippen LogP) is 8.62. The second kappa shape index (κ2) is 14.2. The monoisotopic (exact) mass is 627 g/mol. The summed E-state index contributed by atoms with van der Waals surface area (Å²) >= 11 is 6.72. The van der Waals surface area contributed by atoms with Crippen molar-refractivity contribution in [3.8, 4) is 5.75 Å². The molecule has 0 atom stereocenters. The Morgan fingerprint density at radius 3 is 2.40 bits per heavy atom. The molecule has 0 bridgehead atoms. The molecule has 3 aromatic carbocycles. The van der Waals surface area contributed by atoms with Crippen molar-refractivity contribution < 1.29 is 27.5 Å². The Morgan fingerprint density at radius 2 is 1.74 bits per heavy atom. The van der Waals surface area contributed by atoms with E-state index in [1.165, 1.54) is 28.8 Å². The van der Waals surface area contributed by atoms with Crippen molar-refractivity contribution in [3.63, 3.8) is 0 Å². The first-order valence-corrected chi connectivity index (χ1v) is 15.2. The van der Waals surface area contributed by atoms with Crippen molar-refractivity contribution in [2.45, 2.75) is 58.7 Å². The summed E-state index contributed by atoms with van der Waals surface area (Å²) < 4.78 is 40.9. The number of hydrogen-bond donors (Lipinski definition) is 1. The molecule has 11 heteroatoms. The number of nitrogens with zero attached hydrogens (tertiary/aromatic N) is 2. The molecule has 1 aliphatic rings. The summed E-state index contributed by atoms with van der Waals surface area (Å²) in [6.07, 6.45) is -1.94. The first kappa shape index (κ1) is 32.2. The highest BCUT2D eigenvalue weighted by molar-refractivity contribution is 8.15. The van der Waals surface area contributed by atoms with E-state index in [9.17, 15) is 22.8 Å². The Morgan fingerprint density at radius 1 is 1.07 bits per heavy atom. The number of amidine groups is 1. The molecule has 0 aliphatic carbocycles. The molecule has 0 spiro atoms. The normalized spacial score (nSPS) is 14.4. The zero-order valence-corrected chi connectivity index (χ0v) is 25.7. The third kappa shape index (κ3) is 9.39. The van der Waals surface area contributed by atoms with Crippen LogP contribution >= 0.6 is 24.0 Å². The lowest BCUT2D eigenvalue weighted by Gasteiger charge is -2.22. The van der Waals surface area contributed by atoms with Crippen molar-refractivity contribution in [1.29, 1.82) is 0 Å². The van der Waals surface area contributed by atoms with E-state index in [0.717, 1.165) is 45.6 Å². The van der Waals surface area contributed by atoms with Crippen molar-refractivity contribution in [1.82, 2.24) is 0 Å². The lowest BCUT2D eigenvalue weighted by atomic mass is 9.99. The Bertz CT molecular complexity index is 1500. The summed E-state index contributed by atoms with van der Waals surface area (Å²) in [4.78, 5) is 32.1. The molecule has 1 fully saturated rings. The Kier molecular flexibility index (Phi) is 10.6. The lowest BCUT2D eigenvalue weighted by Crippen LogP contribution is -2.31. The fourth-order valence-corrected chi connectivity index (χ4v) is 5.79. The maximum absolute atomic E-state index is 12.8. The van der Waals surface area contributed by atoms with Gasteiger partial charge in [0.2, 0.25) is 5.91 Å². The Labute approximate surface area is 258 Å². The number of urea groups is 1. The van der Waals surface area contributed by atoms with Crippen molar-refractivity contribution >= 4 is 57.3 Å². The summed E-state index contributed by atoms with van der Waals surface area (Å²) in [6.45, 7) is 6.09. The smallest absolute Gasteiger partial charge is 0.406 e. The molecule has 0 radical (unpaired) electrons. The molecule has 1 saturated heterocycles. The fourth-order valence-electron chi connectivity index (χ4n) is 4.63. The van der Waals surface area contributed by atoms with E-state index < -0.39 is 12.4 Å². The molecule has 0 saturated carbocycles. The highest BCUT2D eigenvalue weighted by Crippen LogP contribution is 2.34. The van der Waals surface area contributed by atoms with Crippen molar-refractivity contribution in [2.24, 2.45) is 4.99 Å². The number of thiocarbonyl (C=S) groups is 1. The molecule has 226 valence electrons. The van der Waals surface area contributed by atoms with Gasteiger partial charge in [0.05, 0.1) is 11.4 Å². The van der Waals surface area contributed by atoms with Gasteiger partial charge in [0, 0.05) is 12.1 Å². The highest BCUT2D eigenvalue weighted by atomic mass is 32.2. The number of alkyl halides is 3. The van der Waals surface area contributed by atoms with Crippen LogP contribution in [0.4, 0.5) is 29.3 Å². The SMILES string of the molecule is Cc1ccc(C(C)C)c(N2C(=O)CSC2=NC(=O)Nc2ccc(CCCC(=S)Cc3ccc(OC(F)(F)F)cc3)cc2)c1.